The smallest absolute Gasteiger partial charge is 0.248 e. The Morgan fingerprint density at radius 2 is 1.79 bits per heavy atom. The van der Waals surface area contributed by atoms with E-state index in [1.807, 2.05) is 0 Å². The van der Waals surface area contributed by atoms with Gasteiger partial charge in [-0.05, 0) is 36.4 Å². The van der Waals surface area contributed by atoms with Crippen LogP contribution in [0.2, 0.25) is 10.0 Å². The number of rotatable bonds is 3. The van der Waals surface area contributed by atoms with Crippen LogP contribution in [0.25, 0.3) is 0 Å². The van der Waals surface area contributed by atoms with E-state index >= 15 is 0 Å². The lowest BCUT2D eigenvalue weighted by atomic mass is 10.2. The number of hydrogen-bond donors (Lipinski definition) is 2. The van der Waals surface area contributed by atoms with Crippen LogP contribution in [0.4, 0.5) is 5.69 Å². The number of amides is 1. The molecule has 0 unspecified atom stereocenters. The quantitative estimate of drug-likeness (QED) is 0.851. The second kappa shape index (κ2) is 5.38. The summed E-state index contributed by atoms with van der Waals surface area (Å²) >= 11 is 11.8. The summed E-state index contributed by atoms with van der Waals surface area (Å²) in [6.45, 7) is 0. The summed E-state index contributed by atoms with van der Waals surface area (Å²) in [5.74, 6) is 0.131. The molecule has 0 saturated carbocycles. The van der Waals surface area contributed by atoms with Crippen molar-refractivity contribution in [2.45, 2.75) is 0 Å². The lowest BCUT2D eigenvalue weighted by Crippen LogP contribution is -2.11. The fraction of sp³-hybridized carbons (Fsp3) is 0. The molecule has 0 aliphatic rings. The molecule has 19 heavy (non-hydrogen) atoms. The van der Waals surface area contributed by atoms with Crippen molar-refractivity contribution in [3.8, 4) is 11.5 Å². The normalized spacial score (nSPS) is 10.2. The Kier molecular flexibility index (Phi) is 3.83. The highest BCUT2D eigenvalue weighted by Crippen LogP contribution is 2.34. The van der Waals surface area contributed by atoms with Gasteiger partial charge in [0.25, 0.3) is 0 Å². The van der Waals surface area contributed by atoms with Crippen LogP contribution in [0.1, 0.15) is 10.4 Å². The Morgan fingerprint density at radius 3 is 2.42 bits per heavy atom. The van der Waals surface area contributed by atoms with Crippen molar-refractivity contribution in [2.75, 3.05) is 5.73 Å². The molecule has 0 heterocycles. The van der Waals surface area contributed by atoms with Crippen molar-refractivity contribution < 1.29 is 9.53 Å². The van der Waals surface area contributed by atoms with Crippen molar-refractivity contribution in [3.05, 3.63) is 52.0 Å². The van der Waals surface area contributed by atoms with Crippen LogP contribution >= 0.6 is 23.2 Å². The second-order valence-corrected chi connectivity index (χ2v) is 4.64. The number of primary amides is 1. The Morgan fingerprint density at radius 1 is 1.05 bits per heavy atom. The molecule has 0 bridgehead atoms. The van der Waals surface area contributed by atoms with E-state index in [4.69, 9.17) is 39.4 Å². The fourth-order valence-electron chi connectivity index (χ4n) is 1.45. The summed E-state index contributed by atoms with van der Waals surface area (Å²) in [5, 5.41) is 0.840. The van der Waals surface area contributed by atoms with Gasteiger partial charge in [0.05, 0.1) is 10.7 Å². The minimum absolute atomic E-state index is 0.300. The zero-order valence-electron chi connectivity index (χ0n) is 9.69. The number of hydrogen-bond acceptors (Lipinski definition) is 3. The van der Waals surface area contributed by atoms with Crippen molar-refractivity contribution in [3.63, 3.8) is 0 Å². The molecule has 1 amide bonds. The van der Waals surface area contributed by atoms with E-state index in [9.17, 15) is 4.79 Å². The monoisotopic (exact) mass is 296 g/mol. The Labute approximate surface area is 119 Å². The first kappa shape index (κ1) is 13.5. The maximum Gasteiger partial charge on any atom is 0.248 e. The number of benzene rings is 2. The maximum atomic E-state index is 11.1. The summed E-state index contributed by atoms with van der Waals surface area (Å²) < 4.78 is 5.56. The number of carbonyl (C=O) groups excluding carboxylic acids is 1. The van der Waals surface area contributed by atoms with E-state index in [0.717, 1.165) is 0 Å². The maximum absolute atomic E-state index is 11.1. The summed E-state index contributed by atoms with van der Waals surface area (Å²) in [6, 6.07) is 9.32. The highest BCUT2D eigenvalue weighted by atomic mass is 35.5. The zero-order valence-corrected chi connectivity index (χ0v) is 11.2. The minimum atomic E-state index is -0.563. The van der Waals surface area contributed by atoms with Gasteiger partial charge in [-0.3, -0.25) is 4.79 Å². The van der Waals surface area contributed by atoms with E-state index in [-0.39, 0.29) is 0 Å². The molecule has 2 aromatic rings. The van der Waals surface area contributed by atoms with Crippen molar-refractivity contribution in [1.82, 2.24) is 0 Å². The number of nitrogens with two attached hydrogens (primary N) is 2. The summed E-state index contributed by atoms with van der Waals surface area (Å²) in [6.07, 6.45) is 0. The summed E-state index contributed by atoms with van der Waals surface area (Å²) in [7, 11) is 0. The topological polar surface area (TPSA) is 78.3 Å². The molecule has 0 radical (unpaired) electrons. The fourth-order valence-corrected chi connectivity index (χ4v) is 1.90. The van der Waals surface area contributed by atoms with Gasteiger partial charge in [-0.2, -0.15) is 0 Å². The van der Waals surface area contributed by atoms with E-state index in [0.29, 0.717) is 32.8 Å². The lowest BCUT2D eigenvalue weighted by molar-refractivity contribution is 0.1000. The van der Waals surface area contributed by atoms with Gasteiger partial charge in [-0.15, -0.1) is 0 Å². The van der Waals surface area contributed by atoms with Gasteiger partial charge in [-0.1, -0.05) is 23.2 Å². The molecule has 6 heteroatoms. The van der Waals surface area contributed by atoms with Crippen LogP contribution in [0.15, 0.2) is 36.4 Å². The predicted molar refractivity (Wildman–Crippen MR) is 75.9 cm³/mol. The van der Waals surface area contributed by atoms with Gasteiger partial charge in [0.1, 0.15) is 5.75 Å². The average Bonchev–Trinajstić information content (AvgIpc) is 2.34. The molecule has 98 valence electrons. The lowest BCUT2D eigenvalue weighted by Gasteiger charge is -2.11. The first-order chi connectivity index (χ1) is 8.97. The van der Waals surface area contributed by atoms with E-state index in [1.54, 1.807) is 24.3 Å². The van der Waals surface area contributed by atoms with Crippen molar-refractivity contribution in [1.29, 1.82) is 0 Å². The minimum Gasteiger partial charge on any atom is -0.454 e. The molecular weight excluding hydrogens is 287 g/mol. The predicted octanol–water partition coefficient (Wildman–Crippen LogP) is 3.47. The van der Waals surface area contributed by atoms with Gasteiger partial charge in [0, 0.05) is 10.6 Å². The van der Waals surface area contributed by atoms with Crippen molar-refractivity contribution >= 4 is 34.8 Å². The Bertz CT molecular complexity index is 645. The number of nitrogen functional groups attached to an aromatic ring is 1. The molecule has 0 saturated heterocycles. The molecular formula is C13H10Cl2N2O2. The van der Waals surface area contributed by atoms with Gasteiger partial charge >= 0.3 is 0 Å². The van der Waals surface area contributed by atoms with E-state index < -0.39 is 5.91 Å². The van der Waals surface area contributed by atoms with Gasteiger partial charge in [-0.25, -0.2) is 0 Å². The van der Waals surface area contributed by atoms with Crippen LogP contribution in [0.5, 0.6) is 11.5 Å². The standard InChI is InChI=1S/C13H10Cl2N2O2/c14-8-2-4-11(9(15)6-8)19-12-5-7(13(17)18)1-3-10(12)16/h1-6H,16H2,(H2,17,18). The number of halogens is 2. The van der Waals surface area contributed by atoms with Gasteiger partial charge in [0.15, 0.2) is 5.75 Å². The van der Waals surface area contributed by atoms with Crippen LogP contribution in [-0.2, 0) is 0 Å². The largest absolute Gasteiger partial charge is 0.454 e. The highest BCUT2D eigenvalue weighted by molar-refractivity contribution is 6.35. The SMILES string of the molecule is NC(=O)c1ccc(N)c(Oc2ccc(Cl)cc2Cl)c1. The average molecular weight is 297 g/mol. The second-order valence-electron chi connectivity index (χ2n) is 3.79. The molecule has 0 aliphatic carbocycles. The van der Waals surface area contributed by atoms with Crippen LogP contribution < -0.4 is 16.2 Å². The van der Waals surface area contributed by atoms with Crippen LogP contribution in [-0.4, -0.2) is 5.91 Å². The van der Waals surface area contributed by atoms with E-state index in [1.165, 1.54) is 12.1 Å². The van der Waals surface area contributed by atoms with Gasteiger partial charge < -0.3 is 16.2 Å². The summed E-state index contributed by atoms with van der Waals surface area (Å²) in [4.78, 5) is 11.1. The first-order valence-electron chi connectivity index (χ1n) is 5.29. The third-order valence-electron chi connectivity index (χ3n) is 2.41. The van der Waals surface area contributed by atoms with Crippen molar-refractivity contribution in [2.24, 2.45) is 5.73 Å². The molecule has 2 aromatic carbocycles. The molecule has 0 aromatic heterocycles. The molecule has 0 aliphatic heterocycles. The number of carbonyl (C=O) groups is 1. The van der Waals surface area contributed by atoms with Crippen LogP contribution in [0, 0.1) is 0 Å². The number of anilines is 1. The zero-order chi connectivity index (χ0) is 14.0. The molecule has 0 atom stereocenters. The number of ether oxygens (including phenoxy) is 1. The van der Waals surface area contributed by atoms with Crippen LogP contribution in [0.3, 0.4) is 0 Å². The summed E-state index contributed by atoms with van der Waals surface area (Å²) in [5.41, 5.74) is 11.6. The van der Waals surface area contributed by atoms with Gasteiger partial charge in [0.2, 0.25) is 5.91 Å². The highest BCUT2D eigenvalue weighted by Gasteiger charge is 2.09. The Balaban J connectivity index is 2.37. The molecule has 0 spiro atoms. The molecule has 0 fully saturated rings. The Hall–Kier alpha value is -1.91. The molecule has 4 nitrogen and oxygen atoms in total. The molecule has 2 rings (SSSR count). The third kappa shape index (κ3) is 3.10. The third-order valence-corrected chi connectivity index (χ3v) is 2.94. The van der Waals surface area contributed by atoms with E-state index in [2.05, 4.69) is 0 Å². The first-order valence-corrected chi connectivity index (χ1v) is 6.05. The molecule has 4 N–H and O–H groups in total.